The van der Waals surface area contributed by atoms with Gasteiger partial charge in [-0.15, -0.1) is 11.8 Å². The molecule has 1 aliphatic rings. The molecule has 0 bridgehead atoms. The number of nitrogens with zero attached hydrogens (tertiary/aromatic N) is 1. The van der Waals surface area contributed by atoms with Crippen molar-refractivity contribution in [1.82, 2.24) is 9.97 Å². The highest BCUT2D eigenvalue weighted by Crippen LogP contribution is 2.26. The third-order valence-corrected chi connectivity index (χ3v) is 5.26. The summed E-state index contributed by atoms with van der Waals surface area (Å²) in [6.45, 7) is 2.71. The normalized spacial score (nSPS) is 22.1. The molecule has 1 aromatic carbocycles. The van der Waals surface area contributed by atoms with Crippen molar-refractivity contribution in [3.63, 3.8) is 0 Å². The van der Waals surface area contributed by atoms with Gasteiger partial charge in [0.1, 0.15) is 5.82 Å². The van der Waals surface area contributed by atoms with Gasteiger partial charge in [-0.3, -0.25) is 4.79 Å². The van der Waals surface area contributed by atoms with Crippen LogP contribution in [0.5, 0.6) is 0 Å². The molecule has 2 N–H and O–H groups in total. The van der Waals surface area contributed by atoms with Crippen molar-refractivity contribution < 1.29 is 9.84 Å². The number of fused-ring (bicyclic) bond motifs is 1. The van der Waals surface area contributed by atoms with E-state index in [0.29, 0.717) is 28.8 Å². The van der Waals surface area contributed by atoms with Crippen molar-refractivity contribution in [3.8, 4) is 0 Å². The summed E-state index contributed by atoms with van der Waals surface area (Å²) in [5.41, 5.74) is 1.72. The number of hydrogen-bond donors (Lipinski definition) is 2. The molecular formula is C16H20N2O3S. The second-order valence-electron chi connectivity index (χ2n) is 5.63. The van der Waals surface area contributed by atoms with E-state index < -0.39 is 0 Å². The Labute approximate surface area is 133 Å². The molecule has 1 fully saturated rings. The Hall–Kier alpha value is -1.37. The van der Waals surface area contributed by atoms with Gasteiger partial charge in [0.15, 0.2) is 0 Å². The maximum absolute atomic E-state index is 12.1. The van der Waals surface area contributed by atoms with Crippen LogP contribution >= 0.6 is 11.8 Å². The maximum Gasteiger partial charge on any atom is 0.258 e. The summed E-state index contributed by atoms with van der Waals surface area (Å²) in [5, 5.41) is 10.1. The van der Waals surface area contributed by atoms with Crippen LogP contribution in [0.2, 0.25) is 0 Å². The van der Waals surface area contributed by atoms with Crippen LogP contribution in [0.3, 0.4) is 0 Å². The molecule has 6 heteroatoms. The zero-order valence-corrected chi connectivity index (χ0v) is 13.4. The molecule has 5 nitrogen and oxygen atoms in total. The summed E-state index contributed by atoms with van der Waals surface area (Å²) < 4.78 is 5.58. The van der Waals surface area contributed by atoms with Crippen LogP contribution < -0.4 is 5.56 Å². The third kappa shape index (κ3) is 3.34. The maximum atomic E-state index is 12.1. The van der Waals surface area contributed by atoms with Crippen molar-refractivity contribution in [1.29, 1.82) is 0 Å². The average molecular weight is 320 g/mol. The van der Waals surface area contributed by atoms with E-state index in [-0.39, 0.29) is 18.3 Å². The molecule has 0 saturated carbocycles. The van der Waals surface area contributed by atoms with Gasteiger partial charge in [-0.25, -0.2) is 4.98 Å². The molecule has 1 aromatic heterocycles. The Morgan fingerprint density at radius 1 is 1.45 bits per heavy atom. The van der Waals surface area contributed by atoms with Gasteiger partial charge < -0.3 is 14.8 Å². The number of aliphatic hydroxyl groups excluding tert-OH is 1. The van der Waals surface area contributed by atoms with Crippen LogP contribution in [-0.4, -0.2) is 39.6 Å². The molecule has 0 radical (unpaired) electrons. The Kier molecular flexibility index (Phi) is 4.81. The van der Waals surface area contributed by atoms with Crippen molar-refractivity contribution in [2.24, 2.45) is 0 Å². The molecular weight excluding hydrogens is 300 g/mol. The lowest BCUT2D eigenvalue weighted by atomic mass is 10.1. The molecule has 22 heavy (non-hydrogen) atoms. The molecule has 3 rings (SSSR count). The number of thioether (sulfide) groups is 1. The number of aromatic amines is 1. The summed E-state index contributed by atoms with van der Waals surface area (Å²) >= 11 is 1.75. The number of nitrogens with one attached hydrogen (secondary N) is 1. The number of benzene rings is 1. The summed E-state index contributed by atoms with van der Waals surface area (Å²) in [7, 11) is 0. The first-order chi connectivity index (χ1) is 10.7. The van der Waals surface area contributed by atoms with E-state index >= 15 is 0 Å². The van der Waals surface area contributed by atoms with E-state index in [4.69, 9.17) is 9.84 Å². The number of rotatable bonds is 4. The van der Waals surface area contributed by atoms with Gasteiger partial charge in [-0.1, -0.05) is 12.1 Å². The summed E-state index contributed by atoms with van der Waals surface area (Å²) in [6, 6.07) is 5.64. The van der Waals surface area contributed by atoms with E-state index in [2.05, 4.69) is 9.97 Å². The van der Waals surface area contributed by atoms with E-state index in [0.717, 1.165) is 23.9 Å². The molecule has 0 unspecified atom stereocenters. The molecule has 118 valence electrons. The van der Waals surface area contributed by atoms with Gasteiger partial charge in [-0.05, 0) is 31.4 Å². The zero-order chi connectivity index (χ0) is 15.5. The van der Waals surface area contributed by atoms with Gasteiger partial charge in [0.25, 0.3) is 5.56 Å². The fraction of sp³-hybridized carbons (Fsp3) is 0.500. The van der Waals surface area contributed by atoms with Crippen LogP contribution in [0, 0.1) is 6.92 Å². The highest BCUT2D eigenvalue weighted by Gasteiger charge is 2.21. The van der Waals surface area contributed by atoms with Crippen molar-refractivity contribution in [2.45, 2.75) is 36.9 Å². The second-order valence-corrected chi connectivity index (χ2v) is 6.92. The van der Waals surface area contributed by atoms with Crippen LogP contribution in [0.15, 0.2) is 23.0 Å². The standard InChI is InChI=1S/C16H20N2O3S/c1-10-3-2-4-13-15(10)17-14(18-16(13)20)9-22-12-6-5-11(7-19)21-8-12/h2-4,11-12,19H,5-9H2,1H3,(H,17,18,20)/t11-,12-/m0/s1. The third-order valence-electron chi connectivity index (χ3n) is 3.97. The number of aliphatic hydroxyl groups is 1. The predicted octanol–water partition coefficient (Wildman–Crippen LogP) is 2.00. The monoisotopic (exact) mass is 320 g/mol. The number of aromatic nitrogens is 2. The molecule has 0 amide bonds. The van der Waals surface area contributed by atoms with Crippen molar-refractivity contribution in [3.05, 3.63) is 39.9 Å². The lowest BCUT2D eigenvalue weighted by molar-refractivity contribution is -0.0142. The quantitative estimate of drug-likeness (QED) is 0.901. The number of ether oxygens (including phenoxy) is 1. The van der Waals surface area contributed by atoms with E-state index in [1.807, 2.05) is 19.1 Å². The van der Waals surface area contributed by atoms with Crippen molar-refractivity contribution in [2.75, 3.05) is 13.2 Å². The zero-order valence-electron chi connectivity index (χ0n) is 12.5. The molecule has 2 atom stereocenters. The Balaban J connectivity index is 1.70. The number of H-pyrrole nitrogens is 1. The second kappa shape index (κ2) is 6.81. The fourth-order valence-corrected chi connectivity index (χ4v) is 3.68. The Morgan fingerprint density at radius 3 is 3.05 bits per heavy atom. The first-order valence-electron chi connectivity index (χ1n) is 7.50. The minimum atomic E-state index is -0.0791. The van der Waals surface area contributed by atoms with Gasteiger partial charge in [0.05, 0.1) is 36.0 Å². The van der Waals surface area contributed by atoms with Gasteiger partial charge in [0, 0.05) is 5.25 Å². The Morgan fingerprint density at radius 2 is 2.32 bits per heavy atom. The summed E-state index contributed by atoms with van der Waals surface area (Å²) in [5.74, 6) is 1.37. The van der Waals surface area contributed by atoms with Crippen LogP contribution in [0.4, 0.5) is 0 Å². The minimum absolute atomic E-state index is 0.0156. The molecule has 2 heterocycles. The number of para-hydroxylation sites is 1. The number of hydrogen-bond acceptors (Lipinski definition) is 5. The Bertz CT molecular complexity index is 708. The van der Waals surface area contributed by atoms with Crippen LogP contribution in [0.1, 0.15) is 24.2 Å². The smallest absolute Gasteiger partial charge is 0.258 e. The molecule has 0 aliphatic carbocycles. The SMILES string of the molecule is Cc1cccc2c(=O)[nH]c(CS[C@H]3CC[C@@H](CO)OC3)nc12. The van der Waals surface area contributed by atoms with Gasteiger partial charge in [-0.2, -0.15) is 0 Å². The van der Waals surface area contributed by atoms with Crippen molar-refractivity contribution >= 4 is 22.7 Å². The molecule has 0 spiro atoms. The van der Waals surface area contributed by atoms with E-state index in [1.54, 1.807) is 17.8 Å². The van der Waals surface area contributed by atoms with Crippen LogP contribution in [0.25, 0.3) is 10.9 Å². The lowest BCUT2D eigenvalue weighted by Gasteiger charge is -2.27. The fourth-order valence-electron chi connectivity index (χ4n) is 2.67. The van der Waals surface area contributed by atoms with Gasteiger partial charge in [0.2, 0.25) is 0 Å². The summed E-state index contributed by atoms with van der Waals surface area (Å²) in [4.78, 5) is 19.6. The highest BCUT2D eigenvalue weighted by atomic mass is 32.2. The van der Waals surface area contributed by atoms with E-state index in [9.17, 15) is 4.79 Å². The molecule has 2 aromatic rings. The van der Waals surface area contributed by atoms with Gasteiger partial charge >= 0.3 is 0 Å². The molecule has 1 saturated heterocycles. The molecule has 1 aliphatic heterocycles. The van der Waals surface area contributed by atoms with E-state index in [1.165, 1.54) is 0 Å². The van der Waals surface area contributed by atoms with Crippen LogP contribution in [-0.2, 0) is 10.5 Å². The first kappa shape index (κ1) is 15.5. The largest absolute Gasteiger partial charge is 0.394 e. The minimum Gasteiger partial charge on any atom is -0.394 e. The average Bonchev–Trinajstić information content (AvgIpc) is 2.54. The topological polar surface area (TPSA) is 75.2 Å². The first-order valence-corrected chi connectivity index (χ1v) is 8.55. The lowest BCUT2D eigenvalue weighted by Crippen LogP contribution is -2.30. The predicted molar refractivity (Wildman–Crippen MR) is 88.2 cm³/mol. The highest BCUT2D eigenvalue weighted by molar-refractivity contribution is 7.99. The summed E-state index contributed by atoms with van der Waals surface area (Å²) in [6.07, 6.45) is 1.89. The number of aryl methyl sites for hydroxylation is 1.